The lowest BCUT2D eigenvalue weighted by molar-refractivity contribution is 0.0474. The minimum atomic E-state index is -3.32. The molecule has 27 heavy (non-hydrogen) atoms. The number of aryl methyl sites for hydroxylation is 1. The summed E-state index contributed by atoms with van der Waals surface area (Å²) in [6.07, 6.45) is 0.554. The largest absolute Gasteiger partial charge is 0.454 e. The second-order valence-corrected chi connectivity index (χ2v) is 8.56. The van der Waals surface area contributed by atoms with Gasteiger partial charge >= 0.3 is 5.97 Å². The van der Waals surface area contributed by atoms with Crippen molar-refractivity contribution >= 4 is 27.5 Å². The van der Waals surface area contributed by atoms with Gasteiger partial charge in [0.05, 0.1) is 17.0 Å². The molecule has 0 unspecified atom stereocenters. The Bertz CT molecular complexity index is 997. The summed E-state index contributed by atoms with van der Waals surface area (Å²) in [5, 5.41) is 0. The Hall–Kier alpha value is -2.67. The number of sulfonamides is 1. The standard InChI is InChI=1S/C20H21NO5S/c1-3-27(24,25)21-11-10-15-12-16(8-9-18(15)21)19(22)13-26-20(23)17-7-5-4-6-14(17)2/h4-9,12H,3,10-11,13H2,1-2H3. The van der Waals surface area contributed by atoms with Crippen molar-refractivity contribution in [3.63, 3.8) is 0 Å². The molecule has 0 spiro atoms. The van der Waals surface area contributed by atoms with Gasteiger partial charge in [-0.2, -0.15) is 0 Å². The molecule has 0 radical (unpaired) electrons. The monoisotopic (exact) mass is 387 g/mol. The SMILES string of the molecule is CCS(=O)(=O)N1CCc2cc(C(=O)COC(=O)c3ccccc3C)ccc21. The van der Waals surface area contributed by atoms with Gasteiger partial charge < -0.3 is 4.74 Å². The van der Waals surface area contributed by atoms with E-state index in [4.69, 9.17) is 4.74 Å². The second-order valence-electron chi connectivity index (χ2n) is 6.38. The summed E-state index contributed by atoms with van der Waals surface area (Å²) in [6.45, 7) is 3.43. The summed E-state index contributed by atoms with van der Waals surface area (Å²) >= 11 is 0. The molecule has 0 N–H and O–H groups in total. The first-order chi connectivity index (χ1) is 12.8. The molecule has 0 atom stereocenters. The van der Waals surface area contributed by atoms with E-state index in [9.17, 15) is 18.0 Å². The highest BCUT2D eigenvalue weighted by Crippen LogP contribution is 2.31. The lowest BCUT2D eigenvalue weighted by atomic mass is 10.1. The highest BCUT2D eigenvalue weighted by atomic mass is 32.2. The Morgan fingerprint density at radius 2 is 1.89 bits per heavy atom. The van der Waals surface area contributed by atoms with Crippen LogP contribution in [0.2, 0.25) is 0 Å². The number of esters is 1. The fourth-order valence-corrected chi connectivity index (χ4v) is 4.24. The highest BCUT2D eigenvalue weighted by Gasteiger charge is 2.28. The number of Topliss-reactive ketones (excluding diaryl/α,β-unsaturated/α-hetero) is 1. The van der Waals surface area contributed by atoms with E-state index in [2.05, 4.69) is 0 Å². The van der Waals surface area contributed by atoms with E-state index >= 15 is 0 Å². The molecule has 0 amide bonds. The quantitative estimate of drug-likeness (QED) is 0.562. The summed E-state index contributed by atoms with van der Waals surface area (Å²) in [5.41, 5.74) is 3.04. The highest BCUT2D eigenvalue weighted by molar-refractivity contribution is 7.92. The van der Waals surface area contributed by atoms with E-state index in [1.54, 1.807) is 50.2 Å². The minimum absolute atomic E-state index is 0.0297. The average molecular weight is 387 g/mol. The number of carbonyl (C=O) groups is 2. The molecule has 7 heteroatoms. The number of ketones is 1. The molecule has 1 heterocycles. The molecular formula is C20H21NO5S. The summed E-state index contributed by atoms with van der Waals surface area (Å²) in [6, 6.07) is 11.9. The van der Waals surface area contributed by atoms with E-state index in [0.29, 0.717) is 29.8 Å². The first-order valence-corrected chi connectivity index (χ1v) is 10.3. The van der Waals surface area contributed by atoms with Crippen LogP contribution < -0.4 is 4.31 Å². The topological polar surface area (TPSA) is 80.8 Å². The third-order valence-corrected chi connectivity index (χ3v) is 6.43. The molecular weight excluding hydrogens is 366 g/mol. The van der Waals surface area contributed by atoms with Crippen LogP contribution in [0.4, 0.5) is 5.69 Å². The van der Waals surface area contributed by atoms with Crippen LogP contribution in [0.15, 0.2) is 42.5 Å². The van der Waals surface area contributed by atoms with Crippen molar-refractivity contribution in [2.45, 2.75) is 20.3 Å². The fraction of sp³-hybridized carbons (Fsp3) is 0.300. The number of hydrogen-bond acceptors (Lipinski definition) is 5. The summed E-state index contributed by atoms with van der Waals surface area (Å²) in [4.78, 5) is 24.5. The fourth-order valence-electron chi connectivity index (χ4n) is 3.08. The normalized spacial score (nSPS) is 13.3. The maximum atomic E-state index is 12.4. The van der Waals surface area contributed by atoms with Crippen molar-refractivity contribution in [3.05, 3.63) is 64.7 Å². The van der Waals surface area contributed by atoms with E-state index in [1.807, 2.05) is 6.07 Å². The Balaban J connectivity index is 1.70. The van der Waals surface area contributed by atoms with Gasteiger partial charge in [-0.15, -0.1) is 0 Å². The second kappa shape index (κ2) is 7.52. The first-order valence-electron chi connectivity index (χ1n) is 8.73. The number of fused-ring (bicyclic) bond motifs is 1. The molecule has 2 aromatic rings. The van der Waals surface area contributed by atoms with Crippen LogP contribution in [0.25, 0.3) is 0 Å². The van der Waals surface area contributed by atoms with Crippen LogP contribution >= 0.6 is 0 Å². The maximum Gasteiger partial charge on any atom is 0.338 e. The average Bonchev–Trinajstić information content (AvgIpc) is 3.10. The summed E-state index contributed by atoms with van der Waals surface area (Å²) < 4.78 is 30.8. The molecule has 1 aliphatic rings. The van der Waals surface area contributed by atoms with E-state index in [1.165, 1.54) is 4.31 Å². The lowest BCUT2D eigenvalue weighted by Crippen LogP contribution is -2.30. The Labute approximate surface area is 158 Å². The van der Waals surface area contributed by atoms with Gasteiger partial charge in [0.2, 0.25) is 10.0 Å². The molecule has 0 aliphatic carbocycles. The summed E-state index contributed by atoms with van der Waals surface area (Å²) in [5.74, 6) is -0.832. The number of anilines is 1. The minimum Gasteiger partial charge on any atom is -0.454 e. The van der Waals surface area contributed by atoms with Gasteiger partial charge in [0.25, 0.3) is 0 Å². The van der Waals surface area contributed by atoms with Crippen LogP contribution in [-0.4, -0.2) is 39.1 Å². The maximum absolute atomic E-state index is 12.4. The smallest absolute Gasteiger partial charge is 0.338 e. The number of benzene rings is 2. The van der Waals surface area contributed by atoms with Crippen molar-refractivity contribution in [3.8, 4) is 0 Å². The Morgan fingerprint density at radius 3 is 2.59 bits per heavy atom. The molecule has 2 aromatic carbocycles. The van der Waals surface area contributed by atoms with E-state index in [0.717, 1.165) is 11.1 Å². The van der Waals surface area contributed by atoms with Crippen LogP contribution in [0.5, 0.6) is 0 Å². The molecule has 3 rings (SSSR count). The molecule has 142 valence electrons. The molecule has 1 aliphatic heterocycles. The molecule has 0 fully saturated rings. The van der Waals surface area contributed by atoms with Gasteiger partial charge in [0.1, 0.15) is 0 Å². The Morgan fingerprint density at radius 1 is 1.15 bits per heavy atom. The van der Waals surface area contributed by atoms with Gasteiger partial charge in [-0.1, -0.05) is 18.2 Å². The van der Waals surface area contributed by atoms with Gasteiger partial charge in [-0.25, -0.2) is 13.2 Å². The third-order valence-electron chi connectivity index (χ3n) is 4.65. The van der Waals surface area contributed by atoms with Crippen molar-refractivity contribution in [1.82, 2.24) is 0 Å². The zero-order valence-corrected chi connectivity index (χ0v) is 16.1. The van der Waals surface area contributed by atoms with Gasteiger partial charge in [-0.3, -0.25) is 9.10 Å². The zero-order chi connectivity index (χ0) is 19.6. The molecule has 0 saturated heterocycles. The molecule has 0 aromatic heterocycles. The van der Waals surface area contributed by atoms with Crippen molar-refractivity contribution < 1.29 is 22.7 Å². The lowest BCUT2D eigenvalue weighted by Gasteiger charge is -2.18. The van der Waals surface area contributed by atoms with Crippen LogP contribution in [0, 0.1) is 6.92 Å². The van der Waals surface area contributed by atoms with Crippen molar-refractivity contribution in [2.24, 2.45) is 0 Å². The number of ether oxygens (including phenoxy) is 1. The predicted molar refractivity (Wildman–Crippen MR) is 103 cm³/mol. The van der Waals surface area contributed by atoms with Crippen LogP contribution in [-0.2, 0) is 21.2 Å². The van der Waals surface area contributed by atoms with Gasteiger partial charge in [0.15, 0.2) is 12.4 Å². The molecule has 0 bridgehead atoms. The number of nitrogens with zero attached hydrogens (tertiary/aromatic N) is 1. The van der Waals surface area contributed by atoms with Gasteiger partial charge in [0, 0.05) is 12.1 Å². The van der Waals surface area contributed by atoms with Crippen molar-refractivity contribution in [2.75, 3.05) is 23.2 Å². The first kappa shape index (κ1) is 19.1. The van der Waals surface area contributed by atoms with Crippen LogP contribution in [0.1, 0.15) is 38.8 Å². The summed E-state index contributed by atoms with van der Waals surface area (Å²) in [7, 11) is -3.32. The zero-order valence-electron chi connectivity index (χ0n) is 15.3. The number of hydrogen-bond donors (Lipinski definition) is 0. The predicted octanol–water partition coefficient (Wildman–Crippen LogP) is 2.75. The van der Waals surface area contributed by atoms with E-state index in [-0.39, 0.29) is 18.1 Å². The Kier molecular flexibility index (Phi) is 5.32. The third kappa shape index (κ3) is 3.88. The van der Waals surface area contributed by atoms with Crippen LogP contribution in [0.3, 0.4) is 0 Å². The number of carbonyl (C=O) groups excluding carboxylic acids is 2. The molecule has 6 nitrogen and oxygen atoms in total. The van der Waals surface area contributed by atoms with Gasteiger partial charge in [-0.05, 0) is 55.7 Å². The van der Waals surface area contributed by atoms with E-state index < -0.39 is 16.0 Å². The number of rotatable bonds is 6. The van der Waals surface area contributed by atoms with Crippen molar-refractivity contribution in [1.29, 1.82) is 0 Å². The molecule has 0 saturated carbocycles.